The van der Waals surface area contributed by atoms with E-state index in [1.165, 1.54) is 0 Å². The Balaban J connectivity index is 1.50. The van der Waals surface area contributed by atoms with Gasteiger partial charge in [-0.2, -0.15) is 8.42 Å². The van der Waals surface area contributed by atoms with Crippen molar-refractivity contribution in [2.75, 3.05) is 13.2 Å². The Morgan fingerprint density at radius 2 is 1.78 bits per heavy atom. The van der Waals surface area contributed by atoms with Crippen molar-refractivity contribution < 1.29 is 22.4 Å². The molecule has 32 heavy (non-hydrogen) atoms. The molecule has 1 aliphatic carbocycles. The summed E-state index contributed by atoms with van der Waals surface area (Å²) in [5.74, 6) is 0. The zero-order valence-corrected chi connectivity index (χ0v) is 19.4. The molecular weight excluding hydrogens is 424 g/mol. The highest BCUT2D eigenvalue weighted by Gasteiger charge is 2.56. The van der Waals surface area contributed by atoms with Crippen molar-refractivity contribution in [1.29, 1.82) is 0 Å². The average Bonchev–Trinajstić information content (AvgIpc) is 3.26. The van der Waals surface area contributed by atoms with E-state index in [2.05, 4.69) is 6.08 Å². The number of benzene rings is 2. The summed E-state index contributed by atoms with van der Waals surface area (Å²) < 4.78 is 36.5. The smallest absolute Gasteiger partial charge is 0.296 e. The molecule has 0 radical (unpaired) electrons. The highest BCUT2D eigenvalue weighted by molar-refractivity contribution is 7.86. The van der Waals surface area contributed by atoms with Crippen LogP contribution in [0, 0.1) is 6.92 Å². The van der Waals surface area contributed by atoms with Gasteiger partial charge < -0.3 is 9.84 Å². The van der Waals surface area contributed by atoms with Crippen molar-refractivity contribution in [3.8, 4) is 0 Å². The number of ether oxygens (including phenoxy) is 1. The molecular formula is C26H32O5S. The van der Waals surface area contributed by atoms with Crippen LogP contribution in [-0.4, -0.2) is 37.9 Å². The van der Waals surface area contributed by atoms with E-state index < -0.39 is 21.3 Å². The molecule has 1 aliphatic heterocycles. The lowest BCUT2D eigenvalue weighted by atomic mass is 9.65. The van der Waals surface area contributed by atoms with E-state index in [0.717, 1.165) is 48.8 Å². The maximum Gasteiger partial charge on any atom is 0.296 e. The van der Waals surface area contributed by atoms with Gasteiger partial charge in [0.05, 0.1) is 11.5 Å². The van der Waals surface area contributed by atoms with E-state index in [1.54, 1.807) is 24.3 Å². The van der Waals surface area contributed by atoms with Crippen molar-refractivity contribution in [3.63, 3.8) is 0 Å². The molecule has 1 saturated heterocycles. The molecule has 2 aromatic rings. The summed E-state index contributed by atoms with van der Waals surface area (Å²) in [5.41, 5.74) is 1.28. The molecule has 1 saturated carbocycles. The Morgan fingerprint density at radius 1 is 1.06 bits per heavy atom. The summed E-state index contributed by atoms with van der Waals surface area (Å²) in [6.07, 6.45) is 7.23. The molecule has 0 aromatic heterocycles. The van der Waals surface area contributed by atoms with Gasteiger partial charge in [-0.25, -0.2) is 0 Å². The third-order valence-corrected chi connectivity index (χ3v) is 8.11. The molecule has 2 atom stereocenters. The minimum Gasteiger partial charge on any atom is -0.382 e. The third-order valence-electron chi connectivity index (χ3n) is 6.79. The normalized spacial score (nSPS) is 27.2. The Bertz CT molecular complexity index is 1040. The number of hydrogen-bond acceptors (Lipinski definition) is 5. The average molecular weight is 457 g/mol. The second-order valence-electron chi connectivity index (χ2n) is 8.93. The number of rotatable bonds is 7. The highest BCUT2D eigenvalue weighted by atomic mass is 32.2. The maximum atomic E-state index is 12.5. The SMILES string of the molecule is Cc1ccc(S(=O)(=O)OCCC[C@]2(O)/C(=C/c3ccccc3)CCC[C@@]23CCCO3)cc1. The van der Waals surface area contributed by atoms with Crippen LogP contribution in [0.3, 0.4) is 0 Å². The Morgan fingerprint density at radius 3 is 2.47 bits per heavy atom. The van der Waals surface area contributed by atoms with Crippen molar-refractivity contribution in [2.24, 2.45) is 0 Å². The molecule has 1 N–H and O–H groups in total. The molecule has 2 aromatic carbocycles. The number of hydrogen-bond donors (Lipinski definition) is 1. The molecule has 0 amide bonds. The first kappa shape index (κ1) is 23.2. The maximum absolute atomic E-state index is 12.5. The lowest BCUT2D eigenvalue weighted by molar-refractivity contribution is -0.159. The van der Waals surface area contributed by atoms with Gasteiger partial charge in [-0.15, -0.1) is 0 Å². The predicted octanol–water partition coefficient (Wildman–Crippen LogP) is 5.03. The zero-order chi connectivity index (χ0) is 22.7. The third kappa shape index (κ3) is 4.69. The van der Waals surface area contributed by atoms with E-state index in [0.29, 0.717) is 19.4 Å². The van der Waals surface area contributed by atoms with Crippen LogP contribution in [0.25, 0.3) is 6.08 Å². The summed E-state index contributed by atoms with van der Waals surface area (Å²) >= 11 is 0. The van der Waals surface area contributed by atoms with E-state index in [1.807, 2.05) is 37.3 Å². The molecule has 5 nitrogen and oxygen atoms in total. The van der Waals surface area contributed by atoms with Gasteiger partial charge in [-0.05, 0) is 75.1 Å². The fourth-order valence-corrected chi connectivity index (χ4v) is 6.03. The summed E-state index contributed by atoms with van der Waals surface area (Å²) in [6, 6.07) is 16.6. The van der Waals surface area contributed by atoms with Gasteiger partial charge in [-0.1, -0.05) is 54.1 Å². The fourth-order valence-electron chi connectivity index (χ4n) is 5.09. The van der Waals surface area contributed by atoms with Crippen LogP contribution in [0.1, 0.15) is 56.1 Å². The quantitative estimate of drug-likeness (QED) is 0.467. The topological polar surface area (TPSA) is 72.8 Å². The standard InChI is InChI=1S/C26H32O5S/c1-21-11-13-24(14-12-21)32(28,29)31-19-7-17-26(27)23(20-22-8-3-2-4-9-22)10-5-15-25(26)16-6-18-30-25/h2-4,8-9,11-14,20,27H,5-7,10,15-19H2,1H3/b23-20+/t25-,26+/m1/s1. The van der Waals surface area contributed by atoms with Gasteiger partial charge >= 0.3 is 0 Å². The fraction of sp³-hybridized carbons (Fsp3) is 0.462. The largest absolute Gasteiger partial charge is 0.382 e. The second-order valence-corrected chi connectivity index (χ2v) is 10.5. The minimum atomic E-state index is -3.82. The van der Waals surface area contributed by atoms with E-state index in [-0.39, 0.29) is 11.5 Å². The number of aliphatic hydroxyl groups is 1. The molecule has 4 rings (SSSR count). The van der Waals surface area contributed by atoms with Gasteiger partial charge in [0.1, 0.15) is 11.2 Å². The lowest BCUT2D eigenvalue weighted by Crippen LogP contribution is -2.57. The van der Waals surface area contributed by atoms with Crippen LogP contribution in [0.4, 0.5) is 0 Å². The monoisotopic (exact) mass is 456 g/mol. The minimum absolute atomic E-state index is 0.0210. The Hall–Kier alpha value is -1.99. The first-order valence-corrected chi connectivity index (χ1v) is 12.8. The molecule has 1 spiro atoms. The predicted molar refractivity (Wildman–Crippen MR) is 125 cm³/mol. The van der Waals surface area contributed by atoms with Crippen LogP contribution < -0.4 is 0 Å². The van der Waals surface area contributed by atoms with Gasteiger partial charge in [0.25, 0.3) is 10.1 Å². The van der Waals surface area contributed by atoms with E-state index in [9.17, 15) is 13.5 Å². The molecule has 6 heteroatoms. The molecule has 2 aliphatic rings. The Labute approximate surface area is 191 Å². The van der Waals surface area contributed by atoms with Crippen LogP contribution in [0.2, 0.25) is 0 Å². The van der Waals surface area contributed by atoms with Crippen molar-refractivity contribution >= 4 is 16.2 Å². The summed E-state index contributed by atoms with van der Waals surface area (Å²) in [5, 5.41) is 12.0. The van der Waals surface area contributed by atoms with Gasteiger partial charge in [-0.3, -0.25) is 4.18 Å². The lowest BCUT2D eigenvalue weighted by Gasteiger charge is -2.49. The van der Waals surface area contributed by atoms with Gasteiger partial charge in [0.15, 0.2) is 0 Å². The molecule has 0 unspecified atom stereocenters. The van der Waals surface area contributed by atoms with Crippen LogP contribution in [-0.2, 0) is 19.0 Å². The first-order valence-electron chi connectivity index (χ1n) is 11.4. The molecule has 172 valence electrons. The van der Waals surface area contributed by atoms with E-state index in [4.69, 9.17) is 8.92 Å². The van der Waals surface area contributed by atoms with Gasteiger partial charge in [0.2, 0.25) is 0 Å². The summed E-state index contributed by atoms with van der Waals surface area (Å²) in [6.45, 7) is 2.58. The van der Waals surface area contributed by atoms with Crippen LogP contribution in [0.15, 0.2) is 65.1 Å². The molecule has 2 fully saturated rings. The highest BCUT2D eigenvalue weighted by Crippen LogP contribution is 2.51. The summed E-state index contributed by atoms with van der Waals surface area (Å²) in [7, 11) is -3.82. The van der Waals surface area contributed by atoms with Crippen molar-refractivity contribution in [3.05, 3.63) is 71.3 Å². The zero-order valence-electron chi connectivity index (χ0n) is 18.6. The molecule has 1 heterocycles. The van der Waals surface area contributed by atoms with Crippen molar-refractivity contribution in [2.45, 2.75) is 68.0 Å². The first-order chi connectivity index (χ1) is 15.3. The molecule has 0 bridgehead atoms. The second kappa shape index (κ2) is 9.48. The van der Waals surface area contributed by atoms with Gasteiger partial charge in [0, 0.05) is 6.61 Å². The summed E-state index contributed by atoms with van der Waals surface area (Å²) in [4.78, 5) is 0.153. The van der Waals surface area contributed by atoms with Crippen molar-refractivity contribution in [1.82, 2.24) is 0 Å². The van der Waals surface area contributed by atoms with Crippen LogP contribution in [0.5, 0.6) is 0 Å². The van der Waals surface area contributed by atoms with E-state index >= 15 is 0 Å². The van der Waals surface area contributed by atoms with Crippen LogP contribution >= 0.6 is 0 Å². The number of aryl methyl sites for hydroxylation is 1. The Kier molecular flexibility index (Phi) is 6.86.